The van der Waals surface area contributed by atoms with E-state index in [9.17, 15) is 14.7 Å². The number of hydrogen-bond donors (Lipinski definition) is 1. The Kier molecular flexibility index (Phi) is 5.16. The lowest BCUT2D eigenvalue weighted by molar-refractivity contribution is -0.149. The van der Waals surface area contributed by atoms with Crippen molar-refractivity contribution >= 4 is 23.5 Å². The molecule has 1 atom stereocenters. The molecule has 1 N–H and O–H groups in total. The predicted molar refractivity (Wildman–Crippen MR) is 87.8 cm³/mol. The van der Waals surface area contributed by atoms with Crippen LogP contribution in [0.2, 0.25) is 0 Å². The maximum absolute atomic E-state index is 12.5. The van der Waals surface area contributed by atoms with Gasteiger partial charge in [-0.2, -0.15) is 0 Å². The number of carbonyl (C=O) groups is 2. The van der Waals surface area contributed by atoms with Gasteiger partial charge in [0.25, 0.3) is 5.91 Å². The summed E-state index contributed by atoms with van der Waals surface area (Å²) in [7, 11) is 0. The Hall–Kier alpha value is -1.49. The molecule has 1 saturated heterocycles. The highest BCUT2D eigenvalue weighted by Crippen LogP contribution is 2.38. The monoisotopic (exact) mass is 321 g/mol. The molecule has 0 spiro atoms. The molecule has 0 radical (unpaired) electrons. The Balaban J connectivity index is 2.12. The number of ketones is 1. The summed E-state index contributed by atoms with van der Waals surface area (Å²) in [6.07, 6.45) is 2.37. The van der Waals surface area contributed by atoms with Crippen molar-refractivity contribution in [2.75, 3.05) is 6.54 Å². The largest absolute Gasteiger partial charge is 0.507 e. The summed E-state index contributed by atoms with van der Waals surface area (Å²) in [5.41, 5.74) is -0.621. The number of thioether (sulfide) groups is 1. The first-order chi connectivity index (χ1) is 10.4. The molecule has 0 bridgehead atoms. The lowest BCUT2D eigenvalue weighted by Crippen LogP contribution is -2.44. The lowest BCUT2D eigenvalue weighted by atomic mass is 9.84. The van der Waals surface area contributed by atoms with Gasteiger partial charge < -0.3 is 10.0 Å². The van der Waals surface area contributed by atoms with Crippen molar-refractivity contribution in [1.82, 2.24) is 4.90 Å². The van der Waals surface area contributed by atoms with E-state index >= 15 is 0 Å². The summed E-state index contributed by atoms with van der Waals surface area (Å²) in [5.74, 6) is -0.496. The Morgan fingerprint density at radius 1 is 1.36 bits per heavy atom. The Bertz CT molecular complexity index is 571. The van der Waals surface area contributed by atoms with E-state index < -0.39 is 11.3 Å². The molecular weight excluding hydrogens is 298 g/mol. The molecule has 0 aromatic heterocycles. The van der Waals surface area contributed by atoms with E-state index in [4.69, 9.17) is 0 Å². The third-order valence-electron chi connectivity index (χ3n) is 4.28. The summed E-state index contributed by atoms with van der Waals surface area (Å²) in [6, 6.07) is 7.09. The van der Waals surface area contributed by atoms with Crippen molar-refractivity contribution in [2.45, 2.75) is 50.3 Å². The topological polar surface area (TPSA) is 57.6 Å². The molecule has 1 unspecified atom stereocenters. The fraction of sp³-hybridized carbons (Fsp3) is 0.529. The van der Waals surface area contributed by atoms with E-state index in [-0.39, 0.29) is 16.9 Å². The first kappa shape index (κ1) is 16.9. The second kappa shape index (κ2) is 6.73. The highest BCUT2D eigenvalue weighted by atomic mass is 32.2. The van der Waals surface area contributed by atoms with Gasteiger partial charge in [-0.1, -0.05) is 44.7 Å². The number of Topliss-reactive ketones (excluding diaryl/α,β-unsaturated/α-hetero) is 1. The normalized spacial score (nSPS) is 18.5. The highest BCUT2D eigenvalue weighted by molar-refractivity contribution is 8.00. The van der Waals surface area contributed by atoms with Crippen LogP contribution in [0.15, 0.2) is 29.2 Å². The van der Waals surface area contributed by atoms with Crippen LogP contribution in [0.4, 0.5) is 0 Å². The van der Waals surface area contributed by atoms with Gasteiger partial charge in [-0.15, -0.1) is 0 Å². The fourth-order valence-electron chi connectivity index (χ4n) is 2.37. The van der Waals surface area contributed by atoms with Crippen LogP contribution in [-0.2, 0) is 9.59 Å². The number of phenols is 1. The van der Waals surface area contributed by atoms with Gasteiger partial charge in [0.2, 0.25) is 5.78 Å². The average Bonchev–Trinajstić information content (AvgIpc) is 2.96. The van der Waals surface area contributed by atoms with Crippen LogP contribution in [0.3, 0.4) is 0 Å². The standard InChI is InChI=1S/C17H23NO3S/c1-4-17(2,3)15(20)16(21)18-11-7-10-14(18)22-13-9-6-5-8-12(13)19/h5-6,8-9,14,19H,4,7,10-11H2,1-3H3. The first-order valence-corrected chi connectivity index (χ1v) is 8.55. The summed E-state index contributed by atoms with van der Waals surface area (Å²) in [4.78, 5) is 27.3. The molecule has 0 saturated carbocycles. The molecule has 0 aliphatic carbocycles. The van der Waals surface area contributed by atoms with Crippen LogP contribution < -0.4 is 0 Å². The van der Waals surface area contributed by atoms with Gasteiger partial charge >= 0.3 is 0 Å². The van der Waals surface area contributed by atoms with E-state index in [0.29, 0.717) is 13.0 Å². The van der Waals surface area contributed by atoms with E-state index in [1.165, 1.54) is 11.8 Å². The molecule has 1 aliphatic heterocycles. The minimum Gasteiger partial charge on any atom is -0.507 e. The van der Waals surface area contributed by atoms with E-state index in [1.807, 2.05) is 32.9 Å². The molecule has 1 aromatic rings. The second-order valence-corrected chi connectivity index (χ2v) is 7.47. The van der Waals surface area contributed by atoms with Crippen molar-refractivity contribution in [1.29, 1.82) is 0 Å². The third kappa shape index (κ3) is 3.46. The number of amides is 1. The molecule has 4 nitrogen and oxygen atoms in total. The molecule has 5 heteroatoms. The summed E-state index contributed by atoms with van der Waals surface area (Å²) in [5, 5.41) is 9.80. The van der Waals surface area contributed by atoms with Crippen LogP contribution in [0.1, 0.15) is 40.0 Å². The Morgan fingerprint density at radius 3 is 2.68 bits per heavy atom. The molecular formula is C17H23NO3S. The Labute approximate surface area is 135 Å². The molecule has 2 rings (SSSR count). The smallest absolute Gasteiger partial charge is 0.291 e. The number of phenolic OH excluding ortho intramolecular Hbond substituents is 1. The SMILES string of the molecule is CCC(C)(C)C(=O)C(=O)N1CCCC1Sc1ccccc1O. The lowest BCUT2D eigenvalue weighted by Gasteiger charge is -2.28. The number of nitrogens with zero attached hydrogens (tertiary/aromatic N) is 1. The van der Waals surface area contributed by atoms with Crippen molar-refractivity contribution in [3.63, 3.8) is 0 Å². The molecule has 1 aromatic carbocycles. The summed E-state index contributed by atoms with van der Waals surface area (Å²) < 4.78 is 0. The number of para-hydroxylation sites is 1. The van der Waals surface area contributed by atoms with Crippen LogP contribution in [0, 0.1) is 5.41 Å². The maximum Gasteiger partial charge on any atom is 0.291 e. The minimum absolute atomic E-state index is 0.0857. The zero-order chi connectivity index (χ0) is 16.3. The van der Waals surface area contributed by atoms with Gasteiger partial charge in [-0.25, -0.2) is 0 Å². The zero-order valence-electron chi connectivity index (χ0n) is 13.3. The average molecular weight is 321 g/mol. The number of benzene rings is 1. The van der Waals surface area contributed by atoms with Gasteiger partial charge in [-0.3, -0.25) is 9.59 Å². The summed E-state index contributed by atoms with van der Waals surface area (Å²) in [6.45, 7) is 6.15. The number of likely N-dealkylation sites (tertiary alicyclic amines) is 1. The van der Waals surface area contributed by atoms with Crippen molar-refractivity contribution in [3.05, 3.63) is 24.3 Å². The zero-order valence-corrected chi connectivity index (χ0v) is 14.2. The maximum atomic E-state index is 12.5. The quantitative estimate of drug-likeness (QED) is 0.844. The van der Waals surface area contributed by atoms with Crippen LogP contribution >= 0.6 is 11.8 Å². The van der Waals surface area contributed by atoms with Crippen LogP contribution in [0.5, 0.6) is 5.75 Å². The Morgan fingerprint density at radius 2 is 2.05 bits per heavy atom. The molecule has 1 heterocycles. The minimum atomic E-state index is -0.621. The second-order valence-electron chi connectivity index (χ2n) is 6.25. The number of aromatic hydroxyl groups is 1. The molecule has 120 valence electrons. The highest BCUT2D eigenvalue weighted by Gasteiger charge is 2.39. The van der Waals surface area contributed by atoms with E-state index in [1.54, 1.807) is 17.0 Å². The number of carbonyl (C=O) groups excluding carboxylic acids is 2. The van der Waals surface area contributed by atoms with E-state index in [0.717, 1.165) is 17.7 Å². The van der Waals surface area contributed by atoms with Gasteiger partial charge in [-0.05, 0) is 31.4 Å². The number of hydrogen-bond acceptors (Lipinski definition) is 4. The van der Waals surface area contributed by atoms with Crippen LogP contribution in [0.25, 0.3) is 0 Å². The van der Waals surface area contributed by atoms with Gasteiger partial charge in [0, 0.05) is 12.0 Å². The van der Waals surface area contributed by atoms with Crippen molar-refractivity contribution in [3.8, 4) is 5.75 Å². The first-order valence-electron chi connectivity index (χ1n) is 7.67. The predicted octanol–water partition coefficient (Wildman–Crippen LogP) is 3.44. The van der Waals surface area contributed by atoms with E-state index in [2.05, 4.69) is 0 Å². The molecule has 22 heavy (non-hydrogen) atoms. The molecule has 1 amide bonds. The fourth-order valence-corrected chi connectivity index (χ4v) is 3.63. The van der Waals surface area contributed by atoms with Gasteiger partial charge in [0.15, 0.2) is 0 Å². The number of rotatable bonds is 5. The molecule has 1 aliphatic rings. The van der Waals surface area contributed by atoms with Crippen molar-refractivity contribution < 1.29 is 14.7 Å². The third-order valence-corrected chi connectivity index (χ3v) is 5.64. The molecule has 1 fully saturated rings. The van der Waals surface area contributed by atoms with Gasteiger partial charge in [0.1, 0.15) is 5.75 Å². The van der Waals surface area contributed by atoms with Crippen molar-refractivity contribution in [2.24, 2.45) is 5.41 Å². The van der Waals surface area contributed by atoms with Gasteiger partial charge in [0.05, 0.1) is 10.3 Å². The van der Waals surface area contributed by atoms with Crippen LogP contribution in [-0.4, -0.2) is 33.6 Å². The summed E-state index contributed by atoms with van der Waals surface area (Å²) >= 11 is 1.45.